The number of thiophene rings is 1. The SMILES string of the molecule is CN(C(=O)c1cccs1)c1ccccc1C(=O)Nc1cccc(C(F)(F)F)c1. The van der Waals surface area contributed by atoms with Gasteiger partial charge in [0.1, 0.15) is 0 Å². The molecule has 2 amide bonds. The van der Waals surface area contributed by atoms with E-state index in [2.05, 4.69) is 5.32 Å². The van der Waals surface area contributed by atoms with E-state index >= 15 is 0 Å². The number of carbonyl (C=O) groups is 2. The summed E-state index contributed by atoms with van der Waals surface area (Å²) in [6, 6.07) is 14.2. The molecule has 144 valence electrons. The first-order valence-electron chi connectivity index (χ1n) is 8.16. The molecule has 0 radical (unpaired) electrons. The van der Waals surface area contributed by atoms with Crippen LogP contribution < -0.4 is 10.2 Å². The van der Waals surface area contributed by atoms with Crippen LogP contribution in [0.2, 0.25) is 0 Å². The summed E-state index contributed by atoms with van der Waals surface area (Å²) in [5.74, 6) is -0.893. The highest BCUT2D eigenvalue weighted by atomic mass is 32.1. The topological polar surface area (TPSA) is 49.4 Å². The molecule has 0 aliphatic carbocycles. The van der Waals surface area contributed by atoms with Gasteiger partial charge in [-0.25, -0.2) is 0 Å². The summed E-state index contributed by atoms with van der Waals surface area (Å²) in [7, 11) is 1.54. The van der Waals surface area contributed by atoms with Crippen molar-refractivity contribution in [1.82, 2.24) is 0 Å². The summed E-state index contributed by atoms with van der Waals surface area (Å²) >= 11 is 1.28. The normalized spacial score (nSPS) is 11.1. The summed E-state index contributed by atoms with van der Waals surface area (Å²) in [5, 5.41) is 4.24. The van der Waals surface area contributed by atoms with Crippen LogP contribution in [0.25, 0.3) is 0 Å². The van der Waals surface area contributed by atoms with Gasteiger partial charge in [0.15, 0.2) is 0 Å². The molecule has 3 aromatic rings. The van der Waals surface area contributed by atoms with Crippen molar-refractivity contribution in [1.29, 1.82) is 0 Å². The van der Waals surface area contributed by atoms with Crippen molar-refractivity contribution in [2.24, 2.45) is 0 Å². The number of amides is 2. The monoisotopic (exact) mass is 404 g/mol. The van der Waals surface area contributed by atoms with Crippen LogP contribution in [0.1, 0.15) is 25.6 Å². The van der Waals surface area contributed by atoms with Gasteiger partial charge in [0.25, 0.3) is 11.8 Å². The number of nitrogens with zero attached hydrogens (tertiary/aromatic N) is 1. The fourth-order valence-electron chi connectivity index (χ4n) is 2.60. The summed E-state index contributed by atoms with van der Waals surface area (Å²) < 4.78 is 38.6. The lowest BCUT2D eigenvalue weighted by atomic mass is 10.1. The Labute approximate surface area is 163 Å². The summed E-state index contributed by atoms with van der Waals surface area (Å²) in [4.78, 5) is 27.1. The number of alkyl halides is 3. The first-order valence-corrected chi connectivity index (χ1v) is 9.04. The van der Waals surface area contributed by atoms with Crippen LogP contribution in [0.4, 0.5) is 24.5 Å². The third kappa shape index (κ3) is 4.23. The molecule has 0 bridgehead atoms. The lowest BCUT2D eigenvalue weighted by molar-refractivity contribution is -0.137. The third-order valence-corrected chi connectivity index (χ3v) is 4.85. The van der Waals surface area contributed by atoms with Crippen molar-refractivity contribution in [3.8, 4) is 0 Å². The molecular weight excluding hydrogens is 389 g/mol. The van der Waals surface area contributed by atoms with Crippen LogP contribution in [0.5, 0.6) is 0 Å². The maximum Gasteiger partial charge on any atom is 0.416 e. The third-order valence-electron chi connectivity index (χ3n) is 3.99. The van der Waals surface area contributed by atoms with Gasteiger partial charge < -0.3 is 10.2 Å². The average Bonchev–Trinajstić information content (AvgIpc) is 3.21. The summed E-state index contributed by atoms with van der Waals surface area (Å²) in [6.07, 6.45) is -4.51. The van der Waals surface area contributed by atoms with Crippen LogP contribution in [0.15, 0.2) is 66.0 Å². The second-order valence-electron chi connectivity index (χ2n) is 5.89. The molecule has 1 aromatic heterocycles. The Hall–Kier alpha value is -3.13. The van der Waals surface area contributed by atoms with Crippen molar-refractivity contribution < 1.29 is 22.8 Å². The van der Waals surface area contributed by atoms with Crippen LogP contribution in [-0.4, -0.2) is 18.9 Å². The van der Waals surface area contributed by atoms with Gasteiger partial charge in [-0.3, -0.25) is 9.59 Å². The van der Waals surface area contributed by atoms with E-state index in [9.17, 15) is 22.8 Å². The van der Waals surface area contributed by atoms with Gasteiger partial charge in [-0.05, 0) is 41.8 Å². The quantitative estimate of drug-likeness (QED) is 0.642. The number of hydrogen-bond donors (Lipinski definition) is 1. The highest BCUT2D eigenvalue weighted by Crippen LogP contribution is 2.31. The summed E-state index contributed by atoms with van der Waals surface area (Å²) in [5.41, 5.74) is -0.317. The van der Waals surface area contributed by atoms with Gasteiger partial charge in [0.2, 0.25) is 0 Å². The minimum absolute atomic E-state index is 0.0156. The Morgan fingerprint density at radius 2 is 1.75 bits per heavy atom. The summed E-state index contributed by atoms with van der Waals surface area (Å²) in [6.45, 7) is 0. The van der Waals surface area contributed by atoms with E-state index in [4.69, 9.17) is 0 Å². The predicted octanol–water partition coefficient (Wildman–Crippen LogP) is 5.30. The van der Waals surface area contributed by atoms with Crippen LogP contribution in [0, 0.1) is 0 Å². The van der Waals surface area contributed by atoms with E-state index in [1.54, 1.807) is 42.8 Å². The van der Waals surface area contributed by atoms with E-state index in [-0.39, 0.29) is 17.2 Å². The van der Waals surface area contributed by atoms with Crippen molar-refractivity contribution in [2.45, 2.75) is 6.18 Å². The maximum atomic E-state index is 12.9. The van der Waals surface area contributed by atoms with E-state index in [0.717, 1.165) is 12.1 Å². The molecule has 0 aliphatic heterocycles. The maximum absolute atomic E-state index is 12.9. The van der Waals surface area contributed by atoms with Gasteiger partial charge in [-0.15, -0.1) is 11.3 Å². The molecule has 8 heteroatoms. The second-order valence-corrected chi connectivity index (χ2v) is 6.84. The molecule has 28 heavy (non-hydrogen) atoms. The molecule has 0 atom stereocenters. The molecular formula is C20H15F3N2O2S. The van der Waals surface area contributed by atoms with E-state index < -0.39 is 17.6 Å². The van der Waals surface area contributed by atoms with E-state index in [0.29, 0.717) is 10.6 Å². The number of anilines is 2. The van der Waals surface area contributed by atoms with Crippen molar-refractivity contribution in [3.05, 3.63) is 82.0 Å². The highest BCUT2D eigenvalue weighted by Gasteiger charge is 2.30. The number of nitrogens with one attached hydrogen (secondary N) is 1. The Bertz CT molecular complexity index is 1000. The van der Waals surface area contributed by atoms with E-state index in [1.807, 2.05) is 0 Å². The number of rotatable bonds is 4. The molecule has 1 heterocycles. The minimum Gasteiger partial charge on any atom is -0.322 e. The van der Waals surface area contributed by atoms with Crippen molar-refractivity contribution in [2.75, 3.05) is 17.3 Å². The molecule has 0 saturated carbocycles. The molecule has 0 aliphatic rings. The minimum atomic E-state index is -4.51. The molecule has 0 fully saturated rings. The largest absolute Gasteiger partial charge is 0.416 e. The van der Waals surface area contributed by atoms with Gasteiger partial charge in [-0.1, -0.05) is 24.3 Å². The number of benzene rings is 2. The predicted molar refractivity (Wildman–Crippen MR) is 103 cm³/mol. The van der Waals surface area contributed by atoms with Gasteiger partial charge >= 0.3 is 6.18 Å². The average molecular weight is 404 g/mol. The van der Waals surface area contributed by atoms with Crippen molar-refractivity contribution >= 4 is 34.5 Å². The Morgan fingerprint density at radius 1 is 1.00 bits per heavy atom. The first kappa shape index (κ1) is 19.6. The van der Waals surface area contributed by atoms with Crippen LogP contribution in [-0.2, 0) is 6.18 Å². The number of hydrogen-bond acceptors (Lipinski definition) is 3. The number of halogens is 3. The second kappa shape index (κ2) is 7.85. The Balaban J connectivity index is 1.87. The molecule has 3 rings (SSSR count). The first-order chi connectivity index (χ1) is 13.3. The van der Waals surface area contributed by atoms with Gasteiger partial charge in [-0.2, -0.15) is 13.2 Å². The Kier molecular flexibility index (Phi) is 5.51. The molecule has 0 saturated heterocycles. The zero-order valence-electron chi connectivity index (χ0n) is 14.7. The molecule has 4 nitrogen and oxygen atoms in total. The van der Waals surface area contributed by atoms with Crippen LogP contribution in [0.3, 0.4) is 0 Å². The number of carbonyl (C=O) groups excluding carboxylic acids is 2. The van der Waals surface area contributed by atoms with Gasteiger partial charge in [0, 0.05) is 12.7 Å². The fraction of sp³-hybridized carbons (Fsp3) is 0.100. The molecule has 2 aromatic carbocycles. The molecule has 1 N–H and O–H groups in total. The van der Waals surface area contributed by atoms with Crippen molar-refractivity contribution in [3.63, 3.8) is 0 Å². The van der Waals surface area contributed by atoms with Gasteiger partial charge in [0.05, 0.1) is 21.7 Å². The lowest BCUT2D eigenvalue weighted by Gasteiger charge is -2.20. The van der Waals surface area contributed by atoms with E-state index in [1.165, 1.54) is 34.4 Å². The molecule has 0 spiro atoms. The standard InChI is InChI=1S/C20H15F3N2O2S/c1-25(19(27)17-10-5-11-28-17)16-9-3-2-8-15(16)18(26)24-14-7-4-6-13(12-14)20(21,22)23/h2-12H,1H3,(H,24,26). The van der Waals surface area contributed by atoms with Crippen LogP contribution >= 0.6 is 11.3 Å². The lowest BCUT2D eigenvalue weighted by Crippen LogP contribution is -2.28. The Morgan fingerprint density at radius 3 is 2.43 bits per heavy atom. The zero-order chi connectivity index (χ0) is 20.3. The smallest absolute Gasteiger partial charge is 0.322 e. The highest BCUT2D eigenvalue weighted by molar-refractivity contribution is 7.12. The zero-order valence-corrected chi connectivity index (χ0v) is 15.5. The number of para-hydroxylation sites is 1. The fourth-order valence-corrected chi connectivity index (χ4v) is 3.30. The molecule has 0 unspecified atom stereocenters.